The van der Waals surface area contributed by atoms with Crippen LogP contribution in [0.15, 0.2) is 12.1 Å². The van der Waals surface area contributed by atoms with E-state index < -0.39 is 4.92 Å². The van der Waals surface area contributed by atoms with Gasteiger partial charge in [-0.3, -0.25) is 10.1 Å². The van der Waals surface area contributed by atoms with Crippen molar-refractivity contribution in [2.24, 2.45) is 5.92 Å². The van der Waals surface area contributed by atoms with Crippen molar-refractivity contribution < 1.29 is 9.66 Å². The molecule has 0 fully saturated rings. The third-order valence-electron chi connectivity index (χ3n) is 2.37. The van der Waals surface area contributed by atoms with Crippen molar-refractivity contribution in [2.75, 3.05) is 12.5 Å². The Hall–Kier alpha value is -1.29. The molecule has 0 heterocycles. The smallest absolute Gasteiger partial charge is 0.311 e. The lowest BCUT2D eigenvalue weighted by Crippen LogP contribution is -2.11. The minimum Gasteiger partial charge on any atom is -0.486 e. The van der Waals surface area contributed by atoms with Crippen molar-refractivity contribution in [1.82, 2.24) is 0 Å². The summed E-state index contributed by atoms with van der Waals surface area (Å²) in [5.41, 5.74) is 1.65. The Morgan fingerprint density at radius 2 is 2.12 bits per heavy atom. The molecule has 17 heavy (non-hydrogen) atoms. The number of alkyl halides is 1. The third-order valence-corrected chi connectivity index (χ3v) is 2.90. The van der Waals surface area contributed by atoms with Crippen LogP contribution in [0, 0.1) is 29.9 Å². The molecule has 1 atom stereocenters. The average Bonchev–Trinajstić information content (AvgIpc) is 2.26. The molecule has 0 N–H and O–H groups in total. The van der Waals surface area contributed by atoms with Gasteiger partial charge in [0.25, 0.3) is 0 Å². The monoisotopic (exact) mass is 257 g/mol. The van der Waals surface area contributed by atoms with Crippen LogP contribution in [-0.4, -0.2) is 17.4 Å². The summed E-state index contributed by atoms with van der Waals surface area (Å²) in [5.74, 6) is 0.980. The normalized spacial score (nSPS) is 12.2. The average molecular weight is 258 g/mol. The van der Waals surface area contributed by atoms with Gasteiger partial charge < -0.3 is 4.74 Å². The number of hydrogen-bond acceptors (Lipinski definition) is 3. The van der Waals surface area contributed by atoms with E-state index in [0.29, 0.717) is 18.2 Å². The predicted octanol–water partition coefficient (Wildman–Crippen LogP) is 3.47. The first-order valence-electron chi connectivity index (χ1n) is 5.40. The second-order valence-corrected chi connectivity index (χ2v) is 4.57. The molecule has 0 aliphatic carbocycles. The van der Waals surface area contributed by atoms with E-state index in [2.05, 4.69) is 0 Å². The lowest BCUT2D eigenvalue weighted by atomic mass is 10.1. The van der Waals surface area contributed by atoms with E-state index in [9.17, 15) is 10.1 Å². The van der Waals surface area contributed by atoms with Crippen LogP contribution in [0.25, 0.3) is 0 Å². The highest BCUT2D eigenvalue weighted by Gasteiger charge is 2.19. The van der Waals surface area contributed by atoms with Gasteiger partial charge in [-0.1, -0.05) is 13.0 Å². The number of rotatable bonds is 5. The van der Waals surface area contributed by atoms with Crippen LogP contribution in [0.5, 0.6) is 5.75 Å². The maximum absolute atomic E-state index is 10.9. The molecule has 0 bridgehead atoms. The number of hydrogen-bond donors (Lipinski definition) is 0. The molecule has 0 aliphatic rings. The molecular weight excluding hydrogens is 242 g/mol. The Labute approximate surface area is 106 Å². The molecule has 5 heteroatoms. The van der Waals surface area contributed by atoms with Crippen molar-refractivity contribution in [3.63, 3.8) is 0 Å². The summed E-state index contributed by atoms with van der Waals surface area (Å²) in [4.78, 5) is 10.5. The van der Waals surface area contributed by atoms with Gasteiger partial charge in [0.2, 0.25) is 0 Å². The summed E-state index contributed by atoms with van der Waals surface area (Å²) in [6, 6.07) is 3.39. The van der Waals surface area contributed by atoms with Crippen molar-refractivity contribution in [2.45, 2.75) is 20.8 Å². The Kier molecular flexibility index (Phi) is 4.75. The number of benzene rings is 1. The lowest BCUT2D eigenvalue weighted by molar-refractivity contribution is -0.386. The Balaban J connectivity index is 3.00. The number of ether oxygens (including phenoxy) is 1. The molecule has 0 radical (unpaired) electrons. The quantitative estimate of drug-likeness (QED) is 0.461. The zero-order chi connectivity index (χ0) is 13.0. The molecule has 0 aliphatic heterocycles. The summed E-state index contributed by atoms with van der Waals surface area (Å²) in [5, 5.41) is 10.9. The van der Waals surface area contributed by atoms with Gasteiger partial charge in [0.15, 0.2) is 5.75 Å². The molecule has 0 spiro atoms. The van der Waals surface area contributed by atoms with Gasteiger partial charge in [-0.05, 0) is 25.0 Å². The fourth-order valence-electron chi connectivity index (χ4n) is 1.53. The van der Waals surface area contributed by atoms with Crippen LogP contribution >= 0.6 is 11.6 Å². The zero-order valence-electron chi connectivity index (χ0n) is 10.2. The summed E-state index contributed by atoms with van der Waals surface area (Å²) >= 11 is 5.67. The van der Waals surface area contributed by atoms with Crippen LogP contribution in [0.1, 0.15) is 18.1 Å². The fourth-order valence-corrected chi connectivity index (χ4v) is 1.61. The largest absolute Gasteiger partial charge is 0.486 e. The van der Waals surface area contributed by atoms with Crippen molar-refractivity contribution in [1.29, 1.82) is 0 Å². The molecule has 0 amide bonds. The van der Waals surface area contributed by atoms with E-state index in [0.717, 1.165) is 11.1 Å². The minimum atomic E-state index is -0.416. The van der Waals surface area contributed by atoms with E-state index in [1.54, 1.807) is 6.92 Å². The Bertz CT molecular complexity index is 420. The summed E-state index contributed by atoms with van der Waals surface area (Å²) in [6.07, 6.45) is 0. The third kappa shape index (κ3) is 3.60. The first-order chi connectivity index (χ1) is 7.95. The molecule has 94 valence electrons. The van der Waals surface area contributed by atoms with Crippen molar-refractivity contribution >= 4 is 17.3 Å². The highest BCUT2D eigenvalue weighted by molar-refractivity contribution is 6.18. The van der Waals surface area contributed by atoms with E-state index in [4.69, 9.17) is 16.3 Å². The highest BCUT2D eigenvalue weighted by Crippen LogP contribution is 2.32. The summed E-state index contributed by atoms with van der Waals surface area (Å²) in [7, 11) is 0. The summed E-state index contributed by atoms with van der Waals surface area (Å²) in [6.45, 7) is 5.95. The second-order valence-electron chi connectivity index (χ2n) is 4.26. The van der Waals surface area contributed by atoms with E-state index in [1.807, 2.05) is 19.9 Å². The first-order valence-corrected chi connectivity index (χ1v) is 5.93. The minimum absolute atomic E-state index is 0.0178. The SMILES string of the molecule is Cc1cc(C)c(OCC(C)CCl)c([N+](=O)[O-])c1. The molecule has 0 aromatic heterocycles. The molecule has 1 aromatic carbocycles. The molecule has 1 aromatic rings. The van der Waals surface area contributed by atoms with Crippen LogP contribution in [0.3, 0.4) is 0 Å². The number of aryl methyl sites for hydroxylation is 2. The van der Waals surface area contributed by atoms with Gasteiger partial charge in [-0.25, -0.2) is 0 Å². The Morgan fingerprint density at radius 1 is 1.47 bits per heavy atom. The molecule has 0 saturated heterocycles. The van der Waals surface area contributed by atoms with Gasteiger partial charge in [-0.15, -0.1) is 11.6 Å². The molecule has 4 nitrogen and oxygen atoms in total. The first kappa shape index (κ1) is 13.8. The lowest BCUT2D eigenvalue weighted by Gasteiger charge is -2.13. The van der Waals surface area contributed by atoms with E-state index >= 15 is 0 Å². The number of nitro benzene ring substituents is 1. The zero-order valence-corrected chi connectivity index (χ0v) is 11.0. The van der Waals surface area contributed by atoms with Gasteiger partial charge in [0.05, 0.1) is 11.5 Å². The van der Waals surface area contributed by atoms with Gasteiger partial charge in [0.1, 0.15) is 0 Å². The molecule has 0 saturated carbocycles. The highest BCUT2D eigenvalue weighted by atomic mass is 35.5. The standard InChI is InChI=1S/C12H16ClNO3/c1-8-4-10(3)12(11(5-8)14(15)16)17-7-9(2)6-13/h4-5,9H,6-7H2,1-3H3. The summed E-state index contributed by atoms with van der Waals surface area (Å²) < 4.78 is 5.51. The van der Waals surface area contributed by atoms with Gasteiger partial charge in [0, 0.05) is 17.9 Å². The van der Waals surface area contributed by atoms with Crippen molar-refractivity contribution in [3.8, 4) is 5.75 Å². The number of nitrogens with zero attached hydrogens (tertiary/aromatic N) is 1. The molecule has 1 rings (SSSR count). The van der Waals surface area contributed by atoms with Crippen LogP contribution in [0.2, 0.25) is 0 Å². The van der Waals surface area contributed by atoms with Crippen LogP contribution in [-0.2, 0) is 0 Å². The van der Waals surface area contributed by atoms with Gasteiger partial charge >= 0.3 is 5.69 Å². The second kappa shape index (κ2) is 5.87. The maximum Gasteiger partial charge on any atom is 0.311 e. The van der Waals surface area contributed by atoms with Crippen LogP contribution in [0.4, 0.5) is 5.69 Å². The predicted molar refractivity (Wildman–Crippen MR) is 67.9 cm³/mol. The number of halogens is 1. The van der Waals surface area contributed by atoms with Crippen molar-refractivity contribution in [3.05, 3.63) is 33.4 Å². The topological polar surface area (TPSA) is 52.4 Å². The Morgan fingerprint density at radius 3 is 2.65 bits per heavy atom. The fraction of sp³-hybridized carbons (Fsp3) is 0.500. The van der Waals surface area contributed by atoms with E-state index in [1.165, 1.54) is 6.07 Å². The van der Waals surface area contributed by atoms with Crippen LogP contribution < -0.4 is 4.74 Å². The maximum atomic E-state index is 10.9. The molecule has 1 unspecified atom stereocenters. The molecular formula is C12H16ClNO3. The number of nitro groups is 1. The van der Waals surface area contributed by atoms with E-state index in [-0.39, 0.29) is 11.6 Å². The van der Waals surface area contributed by atoms with Gasteiger partial charge in [-0.2, -0.15) is 0 Å².